The van der Waals surface area contributed by atoms with Crippen LogP contribution >= 0.6 is 0 Å². The van der Waals surface area contributed by atoms with Gasteiger partial charge >= 0.3 is 0 Å². The molecule has 0 bridgehead atoms. The predicted octanol–water partition coefficient (Wildman–Crippen LogP) is 2.60. The maximum absolute atomic E-state index is 12.4. The van der Waals surface area contributed by atoms with Crippen molar-refractivity contribution in [1.29, 1.82) is 0 Å². The van der Waals surface area contributed by atoms with Gasteiger partial charge in [-0.15, -0.1) is 10.2 Å². The summed E-state index contributed by atoms with van der Waals surface area (Å²) in [6.07, 6.45) is 8.77. The second-order valence-corrected chi connectivity index (χ2v) is 8.67. The highest BCUT2D eigenvalue weighted by Gasteiger charge is 2.23. The maximum Gasteiger partial charge on any atom is 0.253 e. The molecule has 0 radical (unpaired) electrons. The predicted molar refractivity (Wildman–Crippen MR) is 108 cm³/mol. The second kappa shape index (κ2) is 8.55. The van der Waals surface area contributed by atoms with Crippen LogP contribution in [0.15, 0.2) is 17.2 Å². The molecular weight excluding hydrogens is 352 g/mol. The van der Waals surface area contributed by atoms with Crippen LogP contribution in [-0.4, -0.2) is 42.3 Å². The summed E-state index contributed by atoms with van der Waals surface area (Å²) >= 11 is 0. The van der Waals surface area contributed by atoms with E-state index in [9.17, 15) is 4.79 Å². The van der Waals surface area contributed by atoms with Gasteiger partial charge in [-0.3, -0.25) is 14.3 Å². The third-order valence-corrected chi connectivity index (χ3v) is 6.21. The van der Waals surface area contributed by atoms with Crippen LogP contribution in [0.1, 0.15) is 69.2 Å². The average Bonchev–Trinajstić information content (AvgIpc) is 2.91. The van der Waals surface area contributed by atoms with Crippen LogP contribution in [0.4, 0.5) is 0 Å². The van der Waals surface area contributed by atoms with Crippen LogP contribution in [0.2, 0.25) is 0 Å². The number of piperidine rings is 1. The highest BCUT2D eigenvalue weighted by molar-refractivity contribution is 5.04. The van der Waals surface area contributed by atoms with Crippen molar-refractivity contribution in [3.05, 3.63) is 40.1 Å². The highest BCUT2D eigenvalue weighted by atomic mass is 16.1. The van der Waals surface area contributed by atoms with E-state index < -0.39 is 0 Å². The lowest BCUT2D eigenvalue weighted by Crippen LogP contribution is -2.36. The molecule has 0 aromatic carbocycles. The van der Waals surface area contributed by atoms with Gasteiger partial charge in [0.05, 0.1) is 18.6 Å². The fourth-order valence-corrected chi connectivity index (χ4v) is 4.36. The molecule has 2 aliphatic heterocycles. The molecule has 2 aliphatic rings. The minimum atomic E-state index is 0.0762. The first-order valence-electron chi connectivity index (χ1n) is 10.8. The van der Waals surface area contributed by atoms with Gasteiger partial charge in [0.1, 0.15) is 11.6 Å². The number of rotatable bonds is 5. The van der Waals surface area contributed by atoms with E-state index in [0.29, 0.717) is 5.92 Å². The maximum atomic E-state index is 12.4. The Kier molecular flexibility index (Phi) is 5.90. The first kappa shape index (κ1) is 19.3. The van der Waals surface area contributed by atoms with Crippen molar-refractivity contribution in [3.8, 4) is 0 Å². The second-order valence-electron chi connectivity index (χ2n) is 8.67. The Morgan fingerprint density at radius 2 is 1.93 bits per heavy atom. The van der Waals surface area contributed by atoms with E-state index >= 15 is 0 Å². The number of hydrogen-bond acceptors (Lipinski definition) is 5. The van der Waals surface area contributed by atoms with E-state index in [0.717, 1.165) is 63.5 Å². The molecule has 7 heteroatoms. The SMILES string of the molecule is CC(C)c1cc(=O)n(CC2CCN(Cc3nnc4n3CCCCC4)CC2)cn1. The van der Waals surface area contributed by atoms with Crippen LogP contribution in [0.25, 0.3) is 0 Å². The van der Waals surface area contributed by atoms with Crippen molar-refractivity contribution >= 4 is 0 Å². The molecule has 0 atom stereocenters. The quantitative estimate of drug-likeness (QED) is 0.793. The first-order valence-corrected chi connectivity index (χ1v) is 10.8. The number of likely N-dealkylation sites (tertiary alicyclic amines) is 1. The van der Waals surface area contributed by atoms with Gasteiger partial charge in [-0.1, -0.05) is 20.3 Å². The molecule has 152 valence electrons. The molecule has 4 heterocycles. The zero-order valence-electron chi connectivity index (χ0n) is 17.2. The van der Waals surface area contributed by atoms with Crippen LogP contribution in [0.5, 0.6) is 0 Å². The lowest BCUT2D eigenvalue weighted by molar-refractivity contribution is 0.161. The zero-order chi connectivity index (χ0) is 19.5. The molecule has 2 aromatic heterocycles. The van der Waals surface area contributed by atoms with Gasteiger partial charge in [-0.05, 0) is 50.6 Å². The van der Waals surface area contributed by atoms with E-state index in [1.807, 2.05) is 0 Å². The van der Waals surface area contributed by atoms with Crippen molar-refractivity contribution in [2.75, 3.05) is 13.1 Å². The van der Waals surface area contributed by atoms with Crippen LogP contribution in [-0.2, 0) is 26.1 Å². The number of fused-ring (bicyclic) bond motifs is 1. The number of aromatic nitrogens is 5. The van der Waals surface area contributed by atoms with E-state index in [4.69, 9.17) is 0 Å². The summed E-state index contributed by atoms with van der Waals surface area (Å²) in [5.74, 6) is 3.12. The van der Waals surface area contributed by atoms with Gasteiger partial charge in [0.15, 0.2) is 0 Å². The average molecular weight is 385 g/mol. The van der Waals surface area contributed by atoms with E-state index in [2.05, 4.69) is 38.5 Å². The van der Waals surface area contributed by atoms with E-state index in [1.54, 1.807) is 17.0 Å². The smallest absolute Gasteiger partial charge is 0.253 e. The Morgan fingerprint density at radius 3 is 2.68 bits per heavy atom. The summed E-state index contributed by atoms with van der Waals surface area (Å²) in [6, 6.07) is 1.69. The van der Waals surface area contributed by atoms with E-state index in [1.165, 1.54) is 25.1 Å². The molecule has 7 nitrogen and oxygen atoms in total. The minimum Gasteiger partial charge on any atom is -0.314 e. The Bertz CT molecular complexity index is 847. The summed E-state index contributed by atoms with van der Waals surface area (Å²) in [4.78, 5) is 19.3. The summed E-state index contributed by atoms with van der Waals surface area (Å²) < 4.78 is 4.13. The molecule has 0 saturated carbocycles. The Morgan fingerprint density at radius 1 is 1.11 bits per heavy atom. The summed E-state index contributed by atoms with van der Waals surface area (Å²) in [7, 11) is 0. The lowest BCUT2D eigenvalue weighted by atomic mass is 9.96. The molecule has 0 N–H and O–H groups in total. The van der Waals surface area contributed by atoms with Crippen molar-refractivity contribution in [2.45, 2.75) is 77.9 Å². The topological polar surface area (TPSA) is 68.8 Å². The van der Waals surface area contributed by atoms with Gasteiger partial charge in [0.2, 0.25) is 0 Å². The number of aryl methyl sites for hydroxylation is 1. The third-order valence-electron chi connectivity index (χ3n) is 6.21. The van der Waals surface area contributed by atoms with Gasteiger partial charge in [-0.25, -0.2) is 4.98 Å². The summed E-state index contributed by atoms with van der Waals surface area (Å²) in [5, 5.41) is 8.90. The number of nitrogens with zero attached hydrogens (tertiary/aromatic N) is 6. The zero-order valence-corrected chi connectivity index (χ0v) is 17.2. The lowest BCUT2D eigenvalue weighted by Gasteiger charge is -2.31. The molecule has 1 saturated heterocycles. The highest BCUT2D eigenvalue weighted by Crippen LogP contribution is 2.21. The molecule has 1 fully saturated rings. The van der Waals surface area contributed by atoms with Gasteiger partial charge < -0.3 is 4.57 Å². The van der Waals surface area contributed by atoms with Gasteiger partial charge in [0.25, 0.3) is 5.56 Å². The summed E-state index contributed by atoms with van der Waals surface area (Å²) in [5.41, 5.74) is 0.954. The third kappa shape index (κ3) is 4.35. The Balaban J connectivity index is 1.32. The molecule has 0 unspecified atom stereocenters. The van der Waals surface area contributed by atoms with Crippen molar-refractivity contribution in [3.63, 3.8) is 0 Å². The molecule has 0 amide bonds. The molecular formula is C21H32N6O. The standard InChI is InChI=1S/C21H32N6O/c1-16(2)18-12-21(28)26(15-22-18)13-17-7-10-25(11-8-17)14-20-24-23-19-6-4-3-5-9-27(19)20/h12,15-17H,3-11,13-14H2,1-2H3. The van der Waals surface area contributed by atoms with Gasteiger partial charge in [0, 0.05) is 25.6 Å². The minimum absolute atomic E-state index is 0.0762. The largest absolute Gasteiger partial charge is 0.314 e. The van der Waals surface area contributed by atoms with Crippen molar-refractivity contribution in [2.24, 2.45) is 5.92 Å². The molecule has 4 rings (SSSR count). The van der Waals surface area contributed by atoms with Gasteiger partial charge in [-0.2, -0.15) is 0 Å². The fraction of sp³-hybridized carbons (Fsp3) is 0.714. The van der Waals surface area contributed by atoms with E-state index in [-0.39, 0.29) is 11.5 Å². The molecule has 0 spiro atoms. The fourth-order valence-electron chi connectivity index (χ4n) is 4.36. The Labute approximate surface area is 166 Å². The van der Waals surface area contributed by atoms with Crippen LogP contribution in [0.3, 0.4) is 0 Å². The normalized spacial score (nSPS) is 19.0. The van der Waals surface area contributed by atoms with Crippen LogP contribution in [0, 0.1) is 5.92 Å². The van der Waals surface area contributed by atoms with Crippen molar-refractivity contribution < 1.29 is 0 Å². The molecule has 0 aliphatic carbocycles. The van der Waals surface area contributed by atoms with Crippen LogP contribution < -0.4 is 5.56 Å². The summed E-state index contributed by atoms with van der Waals surface area (Å²) in [6.45, 7) is 8.98. The van der Waals surface area contributed by atoms with Crippen molar-refractivity contribution in [1.82, 2.24) is 29.2 Å². The number of hydrogen-bond donors (Lipinski definition) is 0. The monoisotopic (exact) mass is 384 g/mol. The molecule has 28 heavy (non-hydrogen) atoms. The molecule has 2 aromatic rings. The first-order chi connectivity index (χ1) is 13.6. The Hall–Kier alpha value is -2.02.